The SMILES string of the molecule is CC1=N/C(=C2\CN(C(=O)c3ccc(F)cc3O[C@@H]3CN[C@H](CO)C3)CC2=N)NC(C)=C1Cl. The second-order valence-electron chi connectivity index (χ2n) is 8.13. The number of rotatable bonds is 4. The van der Waals surface area contributed by atoms with Crippen LogP contribution in [0, 0.1) is 11.2 Å². The molecule has 0 bridgehead atoms. The van der Waals surface area contributed by atoms with Crippen molar-refractivity contribution in [3.8, 4) is 5.75 Å². The number of aliphatic hydroxyl groups is 1. The summed E-state index contributed by atoms with van der Waals surface area (Å²) in [6.45, 7) is 4.39. The highest BCUT2D eigenvalue weighted by atomic mass is 35.5. The highest BCUT2D eigenvalue weighted by molar-refractivity contribution is 6.43. The van der Waals surface area contributed by atoms with Gasteiger partial charge in [0.15, 0.2) is 0 Å². The minimum absolute atomic E-state index is 0.0159. The van der Waals surface area contributed by atoms with Gasteiger partial charge >= 0.3 is 0 Å². The normalized spacial score (nSPS) is 25.8. The minimum atomic E-state index is -0.506. The first-order valence-corrected chi connectivity index (χ1v) is 10.7. The van der Waals surface area contributed by atoms with Crippen molar-refractivity contribution < 1.29 is 19.0 Å². The zero-order valence-electron chi connectivity index (χ0n) is 17.8. The standard InChI is InChI=1S/C22H25ClFN5O3/c1-11-20(23)12(2)28-21(27-11)17-8-29(9-18(17)25)22(31)16-4-3-13(24)5-19(16)32-15-6-14(10-30)26-7-15/h3-5,14-15,25-27,30H,6-10H2,1-2H3/b21-17+,25-18?/t14-,15-/m0/s1. The van der Waals surface area contributed by atoms with Gasteiger partial charge in [-0.3, -0.25) is 4.79 Å². The quantitative estimate of drug-likeness (QED) is 0.549. The molecule has 0 aromatic heterocycles. The van der Waals surface area contributed by atoms with E-state index in [0.29, 0.717) is 35.1 Å². The number of hydrogen-bond acceptors (Lipinski definition) is 7. The van der Waals surface area contributed by atoms with Gasteiger partial charge in [-0.25, -0.2) is 9.38 Å². The van der Waals surface area contributed by atoms with E-state index in [1.54, 1.807) is 6.92 Å². The molecule has 3 aliphatic rings. The molecule has 170 valence electrons. The van der Waals surface area contributed by atoms with Gasteiger partial charge in [0.1, 0.15) is 23.5 Å². The van der Waals surface area contributed by atoms with E-state index in [0.717, 1.165) is 5.70 Å². The summed E-state index contributed by atoms with van der Waals surface area (Å²) in [6.07, 6.45) is 0.280. The van der Waals surface area contributed by atoms with Crippen molar-refractivity contribution in [3.05, 3.63) is 51.7 Å². The summed E-state index contributed by atoms with van der Waals surface area (Å²) >= 11 is 6.19. The van der Waals surface area contributed by atoms with Gasteiger partial charge in [-0.1, -0.05) is 11.6 Å². The number of amides is 1. The lowest BCUT2D eigenvalue weighted by molar-refractivity contribution is 0.0796. The fourth-order valence-electron chi connectivity index (χ4n) is 4.01. The van der Waals surface area contributed by atoms with Crippen molar-refractivity contribution in [2.45, 2.75) is 32.4 Å². The molecule has 2 fully saturated rings. The highest BCUT2D eigenvalue weighted by Crippen LogP contribution is 2.28. The Morgan fingerprint density at radius 1 is 1.41 bits per heavy atom. The number of benzene rings is 1. The Kier molecular flexibility index (Phi) is 6.32. The number of ether oxygens (including phenoxy) is 1. The Bertz CT molecular complexity index is 1070. The largest absolute Gasteiger partial charge is 0.488 e. The number of carbonyl (C=O) groups excluding carboxylic acids is 1. The maximum absolute atomic E-state index is 13.9. The van der Waals surface area contributed by atoms with Crippen molar-refractivity contribution in [1.82, 2.24) is 15.5 Å². The summed E-state index contributed by atoms with van der Waals surface area (Å²) < 4.78 is 19.9. The average molecular weight is 462 g/mol. The molecule has 3 aliphatic heterocycles. The molecule has 3 heterocycles. The van der Waals surface area contributed by atoms with Crippen molar-refractivity contribution in [1.29, 1.82) is 5.41 Å². The number of aliphatic hydroxyl groups excluding tert-OH is 1. The fourth-order valence-corrected chi connectivity index (χ4v) is 4.10. The summed E-state index contributed by atoms with van der Waals surface area (Å²) in [5, 5.41) is 24.4. The number of nitrogens with zero attached hydrogens (tertiary/aromatic N) is 2. The van der Waals surface area contributed by atoms with Crippen molar-refractivity contribution in [2.24, 2.45) is 4.99 Å². The zero-order valence-corrected chi connectivity index (χ0v) is 18.6. The molecule has 10 heteroatoms. The molecule has 1 aromatic carbocycles. The van der Waals surface area contributed by atoms with Gasteiger partial charge < -0.3 is 30.8 Å². The highest BCUT2D eigenvalue weighted by Gasteiger charge is 2.33. The van der Waals surface area contributed by atoms with E-state index in [9.17, 15) is 14.3 Å². The van der Waals surface area contributed by atoms with Crippen LogP contribution in [0.1, 0.15) is 30.6 Å². The summed E-state index contributed by atoms with van der Waals surface area (Å²) in [5.41, 5.74) is 2.49. The molecule has 0 unspecified atom stereocenters. The van der Waals surface area contributed by atoms with Crippen molar-refractivity contribution in [3.63, 3.8) is 0 Å². The van der Waals surface area contributed by atoms with E-state index in [1.807, 2.05) is 6.92 Å². The summed E-state index contributed by atoms with van der Waals surface area (Å²) in [7, 11) is 0. The van der Waals surface area contributed by atoms with E-state index < -0.39 is 5.82 Å². The second kappa shape index (κ2) is 9.01. The lowest BCUT2D eigenvalue weighted by Crippen LogP contribution is -2.30. The Balaban J connectivity index is 1.56. The lowest BCUT2D eigenvalue weighted by atomic mass is 10.1. The third kappa shape index (κ3) is 4.41. The number of nitrogens with one attached hydrogen (secondary N) is 3. The van der Waals surface area contributed by atoms with Crippen LogP contribution in [0.4, 0.5) is 4.39 Å². The Labute approximate surface area is 190 Å². The van der Waals surface area contributed by atoms with E-state index >= 15 is 0 Å². The Morgan fingerprint density at radius 2 is 2.19 bits per heavy atom. The number of likely N-dealkylation sites (tertiary alicyclic amines) is 1. The van der Waals surface area contributed by atoms with Gasteiger partial charge in [0.05, 0.1) is 41.7 Å². The number of aliphatic imine (C=N–C) groups is 1. The number of carbonyl (C=O) groups is 1. The van der Waals surface area contributed by atoms with Crippen LogP contribution in [0.3, 0.4) is 0 Å². The Hall–Kier alpha value is -2.75. The molecule has 0 aliphatic carbocycles. The Morgan fingerprint density at radius 3 is 2.88 bits per heavy atom. The van der Waals surface area contributed by atoms with Crippen molar-refractivity contribution in [2.75, 3.05) is 26.2 Å². The molecule has 0 radical (unpaired) electrons. The van der Waals surface area contributed by atoms with Gasteiger partial charge in [0, 0.05) is 36.3 Å². The minimum Gasteiger partial charge on any atom is -0.488 e. The van der Waals surface area contributed by atoms with E-state index in [2.05, 4.69) is 15.6 Å². The molecule has 4 rings (SSSR count). The molecule has 2 atom stereocenters. The van der Waals surface area contributed by atoms with Crippen LogP contribution in [0.15, 0.2) is 45.3 Å². The summed E-state index contributed by atoms with van der Waals surface area (Å²) in [6, 6.07) is 3.74. The molecular formula is C22H25ClFN5O3. The summed E-state index contributed by atoms with van der Waals surface area (Å²) in [4.78, 5) is 19.2. The maximum atomic E-state index is 13.9. The van der Waals surface area contributed by atoms with Crippen LogP contribution in [-0.2, 0) is 0 Å². The van der Waals surface area contributed by atoms with Crippen LogP contribution in [0.5, 0.6) is 5.75 Å². The molecule has 1 amide bonds. The number of halogens is 2. The van der Waals surface area contributed by atoms with Crippen LogP contribution in [0.25, 0.3) is 0 Å². The van der Waals surface area contributed by atoms with Gasteiger partial charge in [0.25, 0.3) is 5.91 Å². The average Bonchev–Trinajstić information content (AvgIpc) is 3.37. The van der Waals surface area contributed by atoms with Crippen LogP contribution in [0.2, 0.25) is 0 Å². The van der Waals surface area contributed by atoms with Gasteiger partial charge in [-0.05, 0) is 26.0 Å². The molecule has 0 saturated carbocycles. The van der Waals surface area contributed by atoms with Gasteiger partial charge in [-0.2, -0.15) is 0 Å². The van der Waals surface area contributed by atoms with E-state index in [1.165, 1.54) is 23.1 Å². The first-order valence-electron chi connectivity index (χ1n) is 10.4. The predicted octanol–water partition coefficient (Wildman–Crippen LogP) is 2.15. The first kappa shape index (κ1) is 22.4. The van der Waals surface area contributed by atoms with E-state index in [4.69, 9.17) is 21.7 Å². The zero-order chi connectivity index (χ0) is 23.0. The predicted molar refractivity (Wildman–Crippen MR) is 120 cm³/mol. The fraction of sp³-hybridized carbons (Fsp3) is 0.409. The lowest BCUT2D eigenvalue weighted by Gasteiger charge is -2.20. The second-order valence-corrected chi connectivity index (χ2v) is 8.51. The van der Waals surface area contributed by atoms with Crippen LogP contribution < -0.4 is 15.4 Å². The molecule has 0 spiro atoms. The third-order valence-corrected chi connectivity index (χ3v) is 6.29. The van der Waals surface area contributed by atoms with Crippen LogP contribution in [-0.4, -0.2) is 65.7 Å². The topological polar surface area (TPSA) is 110 Å². The smallest absolute Gasteiger partial charge is 0.258 e. The van der Waals surface area contributed by atoms with Crippen LogP contribution >= 0.6 is 11.6 Å². The number of allylic oxidation sites excluding steroid dienone is 2. The molecule has 2 saturated heterocycles. The first-order chi connectivity index (χ1) is 15.3. The summed E-state index contributed by atoms with van der Waals surface area (Å²) in [5.74, 6) is -0.198. The molecule has 1 aromatic rings. The number of hydrogen-bond donors (Lipinski definition) is 4. The molecule has 8 nitrogen and oxygen atoms in total. The molecular weight excluding hydrogens is 437 g/mol. The maximum Gasteiger partial charge on any atom is 0.258 e. The van der Waals surface area contributed by atoms with Gasteiger partial charge in [0.2, 0.25) is 0 Å². The molecule has 32 heavy (non-hydrogen) atoms. The third-order valence-electron chi connectivity index (χ3n) is 5.74. The van der Waals surface area contributed by atoms with Gasteiger partial charge in [-0.15, -0.1) is 0 Å². The monoisotopic (exact) mass is 461 g/mol. The van der Waals surface area contributed by atoms with Crippen molar-refractivity contribution >= 4 is 28.9 Å². The van der Waals surface area contributed by atoms with E-state index in [-0.39, 0.29) is 54.8 Å². The molecule has 4 N–H and O–H groups in total.